The molecule has 6 nitrogen and oxygen atoms in total. The van der Waals surface area contributed by atoms with Gasteiger partial charge >= 0.3 is 0 Å². The molecule has 1 rings (SSSR count). The van der Waals surface area contributed by atoms with Crippen LogP contribution in [0.1, 0.15) is 30.6 Å². The van der Waals surface area contributed by atoms with Crippen LogP contribution in [0.3, 0.4) is 0 Å². The molecular weight excluding hydrogens is 290 g/mol. The summed E-state index contributed by atoms with van der Waals surface area (Å²) >= 11 is 1.70. The number of hydrogen-bond donors (Lipinski definition) is 2. The highest BCUT2D eigenvalue weighted by atomic mass is 32.2. The average molecular weight is 311 g/mol. The van der Waals surface area contributed by atoms with E-state index in [2.05, 4.69) is 10.6 Å². The molecule has 0 bridgehead atoms. The number of nitro benzene ring substituents is 1. The zero-order valence-corrected chi connectivity index (χ0v) is 13.3. The normalized spacial score (nSPS) is 11.8. The Labute approximate surface area is 128 Å². The molecule has 21 heavy (non-hydrogen) atoms. The summed E-state index contributed by atoms with van der Waals surface area (Å²) in [5.41, 5.74) is 0.616. The second kappa shape index (κ2) is 8.51. The summed E-state index contributed by atoms with van der Waals surface area (Å²) < 4.78 is 0. The van der Waals surface area contributed by atoms with Gasteiger partial charge in [0.15, 0.2) is 0 Å². The number of carbonyl (C=O) groups excluding carboxylic acids is 1. The molecule has 1 unspecified atom stereocenters. The number of nitrogens with one attached hydrogen (secondary N) is 2. The second-order valence-corrected chi connectivity index (χ2v) is 5.66. The lowest BCUT2D eigenvalue weighted by Crippen LogP contribution is -2.33. The van der Waals surface area contributed by atoms with E-state index in [9.17, 15) is 14.9 Å². The molecule has 2 N–H and O–H groups in total. The van der Waals surface area contributed by atoms with Gasteiger partial charge in [0.25, 0.3) is 11.6 Å². The van der Waals surface area contributed by atoms with Crippen LogP contribution in [0.2, 0.25) is 0 Å². The summed E-state index contributed by atoms with van der Waals surface area (Å²) in [6.45, 7) is 4.50. The zero-order chi connectivity index (χ0) is 15.8. The minimum atomic E-state index is -0.531. The van der Waals surface area contributed by atoms with Crippen molar-refractivity contribution in [2.75, 3.05) is 23.9 Å². The third-order valence-electron chi connectivity index (χ3n) is 2.95. The van der Waals surface area contributed by atoms with E-state index < -0.39 is 10.8 Å². The minimum absolute atomic E-state index is 0.0210. The van der Waals surface area contributed by atoms with E-state index in [0.29, 0.717) is 12.2 Å². The molecule has 0 radical (unpaired) electrons. The lowest BCUT2D eigenvalue weighted by atomic mass is 10.1. The van der Waals surface area contributed by atoms with Crippen molar-refractivity contribution in [1.29, 1.82) is 0 Å². The van der Waals surface area contributed by atoms with E-state index in [1.165, 1.54) is 12.1 Å². The van der Waals surface area contributed by atoms with Gasteiger partial charge in [-0.15, -0.1) is 0 Å². The standard InChI is InChI=1S/C14H21N3O3S/c1-4-15-11-5-6-13(17(19)20)12(9-11)14(18)16-10(2)7-8-21-3/h5-6,9-10,15H,4,7-8H2,1-3H3,(H,16,18). The molecule has 0 saturated carbocycles. The van der Waals surface area contributed by atoms with Crippen LogP contribution in [0.5, 0.6) is 0 Å². The highest BCUT2D eigenvalue weighted by Gasteiger charge is 2.21. The Bertz CT molecular complexity index is 508. The number of anilines is 1. The van der Waals surface area contributed by atoms with Crippen molar-refractivity contribution in [3.05, 3.63) is 33.9 Å². The van der Waals surface area contributed by atoms with Gasteiger partial charge in [0.05, 0.1) is 4.92 Å². The van der Waals surface area contributed by atoms with Gasteiger partial charge in [-0.3, -0.25) is 14.9 Å². The van der Waals surface area contributed by atoms with Crippen LogP contribution in [-0.2, 0) is 0 Å². The van der Waals surface area contributed by atoms with Gasteiger partial charge in [-0.25, -0.2) is 0 Å². The Morgan fingerprint density at radius 1 is 1.48 bits per heavy atom. The number of rotatable bonds is 8. The number of nitro groups is 1. The van der Waals surface area contributed by atoms with Gasteiger partial charge in [-0.2, -0.15) is 11.8 Å². The fourth-order valence-electron chi connectivity index (χ4n) is 1.86. The molecule has 1 atom stereocenters. The summed E-state index contributed by atoms with van der Waals surface area (Å²) in [6, 6.07) is 4.47. The highest BCUT2D eigenvalue weighted by Crippen LogP contribution is 2.23. The van der Waals surface area contributed by atoms with Crippen molar-refractivity contribution in [2.24, 2.45) is 0 Å². The number of amides is 1. The summed E-state index contributed by atoms with van der Waals surface area (Å²) in [7, 11) is 0. The summed E-state index contributed by atoms with van der Waals surface area (Å²) in [4.78, 5) is 22.8. The number of benzene rings is 1. The predicted molar refractivity (Wildman–Crippen MR) is 87.2 cm³/mol. The lowest BCUT2D eigenvalue weighted by molar-refractivity contribution is -0.385. The van der Waals surface area contributed by atoms with Crippen LogP contribution >= 0.6 is 11.8 Å². The monoisotopic (exact) mass is 311 g/mol. The number of thioether (sulfide) groups is 1. The van der Waals surface area contributed by atoms with Gasteiger partial charge in [0.2, 0.25) is 0 Å². The summed E-state index contributed by atoms with van der Waals surface area (Å²) in [5, 5.41) is 16.9. The average Bonchev–Trinajstić information content (AvgIpc) is 2.45. The van der Waals surface area contributed by atoms with Crippen LogP contribution in [0.4, 0.5) is 11.4 Å². The van der Waals surface area contributed by atoms with E-state index in [1.54, 1.807) is 17.8 Å². The third kappa shape index (κ3) is 5.26. The number of hydrogen-bond acceptors (Lipinski definition) is 5. The molecular formula is C14H21N3O3S. The van der Waals surface area contributed by atoms with Crippen molar-refractivity contribution in [3.8, 4) is 0 Å². The van der Waals surface area contributed by atoms with Crippen LogP contribution in [0.15, 0.2) is 18.2 Å². The van der Waals surface area contributed by atoms with Gasteiger partial charge in [0, 0.05) is 24.3 Å². The quantitative estimate of drug-likeness (QED) is 0.569. The lowest BCUT2D eigenvalue weighted by Gasteiger charge is -2.14. The van der Waals surface area contributed by atoms with E-state index >= 15 is 0 Å². The maximum atomic E-state index is 12.2. The van der Waals surface area contributed by atoms with Gasteiger partial charge < -0.3 is 10.6 Å². The molecule has 116 valence electrons. The first-order valence-electron chi connectivity index (χ1n) is 6.81. The molecule has 1 amide bonds. The molecule has 0 aliphatic carbocycles. The van der Waals surface area contributed by atoms with Crippen molar-refractivity contribution >= 4 is 29.0 Å². The maximum Gasteiger partial charge on any atom is 0.282 e. The van der Waals surface area contributed by atoms with Crippen LogP contribution in [0.25, 0.3) is 0 Å². The first-order chi connectivity index (χ1) is 9.99. The molecule has 0 aromatic heterocycles. The van der Waals surface area contributed by atoms with E-state index in [1.807, 2.05) is 20.1 Å². The van der Waals surface area contributed by atoms with Crippen molar-refractivity contribution in [2.45, 2.75) is 26.3 Å². The first-order valence-corrected chi connectivity index (χ1v) is 8.21. The van der Waals surface area contributed by atoms with Gasteiger partial charge in [-0.05, 0) is 44.4 Å². The largest absolute Gasteiger partial charge is 0.385 e. The fourth-order valence-corrected chi connectivity index (χ4v) is 2.45. The second-order valence-electron chi connectivity index (χ2n) is 4.68. The Morgan fingerprint density at radius 2 is 2.19 bits per heavy atom. The fraction of sp³-hybridized carbons (Fsp3) is 0.500. The highest BCUT2D eigenvalue weighted by molar-refractivity contribution is 7.98. The topological polar surface area (TPSA) is 84.3 Å². The molecule has 0 spiro atoms. The smallest absolute Gasteiger partial charge is 0.282 e. The predicted octanol–water partition coefficient (Wildman–Crippen LogP) is 2.90. The van der Waals surface area contributed by atoms with Gasteiger partial charge in [-0.1, -0.05) is 0 Å². The molecule has 0 heterocycles. The molecule has 0 fully saturated rings. The van der Waals surface area contributed by atoms with E-state index in [4.69, 9.17) is 0 Å². The molecule has 0 aliphatic rings. The molecule has 1 aromatic carbocycles. The third-order valence-corrected chi connectivity index (χ3v) is 3.60. The van der Waals surface area contributed by atoms with E-state index in [0.717, 1.165) is 12.2 Å². The zero-order valence-electron chi connectivity index (χ0n) is 12.5. The maximum absolute atomic E-state index is 12.2. The minimum Gasteiger partial charge on any atom is -0.385 e. The summed E-state index contributed by atoms with van der Waals surface area (Å²) in [6.07, 6.45) is 2.83. The molecule has 1 aromatic rings. The Hall–Kier alpha value is -1.76. The number of nitrogens with zero attached hydrogens (tertiary/aromatic N) is 1. The molecule has 7 heteroatoms. The van der Waals surface area contributed by atoms with E-state index in [-0.39, 0.29) is 17.3 Å². The van der Waals surface area contributed by atoms with Crippen molar-refractivity contribution < 1.29 is 9.72 Å². The van der Waals surface area contributed by atoms with Gasteiger partial charge in [0.1, 0.15) is 5.56 Å². The van der Waals surface area contributed by atoms with Crippen molar-refractivity contribution in [3.63, 3.8) is 0 Å². The van der Waals surface area contributed by atoms with Crippen LogP contribution in [0, 0.1) is 10.1 Å². The molecule has 0 aliphatic heterocycles. The van der Waals surface area contributed by atoms with Crippen LogP contribution < -0.4 is 10.6 Å². The molecule has 0 saturated heterocycles. The Morgan fingerprint density at radius 3 is 2.76 bits per heavy atom. The Kier molecular flexibility index (Phi) is 7.01. The first kappa shape index (κ1) is 17.3. The van der Waals surface area contributed by atoms with Crippen molar-refractivity contribution in [1.82, 2.24) is 5.32 Å². The summed E-state index contributed by atoms with van der Waals surface area (Å²) in [5.74, 6) is 0.524. The SMILES string of the molecule is CCNc1ccc([N+](=O)[O-])c(C(=O)NC(C)CCSC)c1. The Balaban J connectivity index is 2.94. The van der Waals surface area contributed by atoms with Crippen LogP contribution in [-0.4, -0.2) is 35.4 Å². The number of carbonyl (C=O) groups is 1.